The molecule has 0 amide bonds. The lowest BCUT2D eigenvalue weighted by Gasteiger charge is -2.56. The number of Topliss-reactive ketones (excluding diaryl/α,β-unsaturated/α-hetero) is 1. The lowest BCUT2D eigenvalue weighted by atomic mass is 9.49. The normalized spacial score (nSPS) is 33.0. The molecule has 0 aromatic heterocycles. The van der Waals surface area contributed by atoms with E-state index in [0.717, 1.165) is 31.4 Å². The molecule has 0 saturated heterocycles. The molecule has 1 aromatic carbocycles. The van der Waals surface area contributed by atoms with E-state index >= 15 is 0 Å². The number of fused-ring (bicyclic) bond motifs is 1. The number of hydrogen-bond acceptors (Lipinski definition) is 3. The van der Waals surface area contributed by atoms with Crippen molar-refractivity contribution < 1.29 is 14.3 Å². The quantitative estimate of drug-likeness (QED) is 0.425. The molecule has 1 aromatic rings. The van der Waals surface area contributed by atoms with Crippen LogP contribution < -0.4 is 0 Å². The van der Waals surface area contributed by atoms with E-state index in [0.29, 0.717) is 18.0 Å². The number of methoxy groups -OCH3 is 1. The summed E-state index contributed by atoms with van der Waals surface area (Å²) in [6.45, 7) is 3.48. The average molecular weight is 330 g/mol. The van der Waals surface area contributed by atoms with Crippen LogP contribution in [0.25, 0.3) is 0 Å². The second-order valence-corrected chi connectivity index (χ2v) is 7.97. The van der Waals surface area contributed by atoms with Crippen molar-refractivity contribution in [1.29, 1.82) is 0 Å². The number of carbonyl (C=O) groups is 1. The fraction of sp³-hybridized carbons (Fsp3) is 0.667. The zero-order valence-corrected chi connectivity index (χ0v) is 15.1. The molecule has 0 aliphatic heterocycles. The van der Waals surface area contributed by atoms with Crippen LogP contribution in [0, 0.1) is 16.7 Å². The molecule has 2 saturated carbocycles. The average Bonchev–Trinajstić information content (AvgIpc) is 2.62. The van der Waals surface area contributed by atoms with Crippen LogP contribution >= 0.6 is 0 Å². The summed E-state index contributed by atoms with van der Waals surface area (Å²) in [5.41, 5.74) is 1.28. The maximum Gasteiger partial charge on any atom is 0.165 e. The van der Waals surface area contributed by atoms with E-state index < -0.39 is 0 Å². The van der Waals surface area contributed by atoms with Crippen molar-refractivity contribution in [2.75, 3.05) is 20.5 Å². The van der Waals surface area contributed by atoms with Gasteiger partial charge in [-0.25, -0.2) is 0 Å². The van der Waals surface area contributed by atoms with Crippen molar-refractivity contribution in [2.45, 2.75) is 51.9 Å². The van der Waals surface area contributed by atoms with Crippen molar-refractivity contribution >= 4 is 5.78 Å². The number of rotatable bonds is 6. The molecule has 3 rings (SSSR count). The Morgan fingerprint density at radius 1 is 1.17 bits per heavy atom. The van der Waals surface area contributed by atoms with Gasteiger partial charge in [-0.2, -0.15) is 0 Å². The van der Waals surface area contributed by atoms with Gasteiger partial charge in [0, 0.05) is 18.6 Å². The van der Waals surface area contributed by atoms with Crippen LogP contribution in [0.3, 0.4) is 0 Å². The van der Waals surface area contributed by atoms with Crippen LogP contribution in [0.1, 0.15) is 62.2 Å². The first-order valence-corrected chi connectivity index (χ1v) is 9.26. The molecule has 3 nitrogen and oxygen atoms in total. The Bertz CT molecular complexity index is 555. The molecule has 0 radical (unpaired) electrons. The van der Waals surface area contributed by atoms with Crippen LogP contribution in [0.2, 0.25) is 0 Å². The first-order valence-electron chi connectivity index (χ1n) is 9.26. The SMILES string of the molecule is COCOC[C@]12CCCC[C@]1(C)CC[C@H](C(=O)c1ccccc1)C2. The second kappa shape index (κ2) is 7.37. The number of carbonyl (C=O) groups excluding carboxylic acids is 1. The summed E-state index contributed by atoms with van der Waals surface area (Å²) in [4.78, 5) is 13.0. The van der Waals surface area contributed by atoms with Gasteiger partial charge in [-0.15, -0.1) is 0 Å². The fourth-order valence-corrected chi connectivity index (χ4v) is 5.04. The van der Waals surface area contributed by atoms with Gasteiger partial charge in [0.15, 0.2) is 5.78 Å². The molecule has 2 fully saturated rings. The predicted molar refractivity (Wildman–Crippen MR) is 94.9 cm³/mol. The van der Waals surface area contributed by atoms with Gasteiger partial charge in [-0.05, 0) is 42.9 Å². The third-order valence-electron chi connectivity index (χ3n) is 6.60. The smallest absolute Gasteiger partial charge is 0.165 e. The second-order valence-electron chi connectivity index (χ2n) is 7.97. The molecule has 2 aliphatic rings. The molecule has 0 spiro atoms. The van der Waals surface area contributed by atoms with E-state index in [1.54, 1.807) is 7.11 Å². The van der Waals surface area contributed by atoms with E-state index in [2.05, 4.69) is 6.92 Å². The molecular formula is C21H30O3. The molecule has 0 bridgehead atoms. The minimum Gasteiger partial charge on any atom is -0.359 e. The summed E-state index contributed by atoms with van der Waals surface area (Å²) in [6.07, 6.45) is 8.09. The van der Waals surface area contributed by atoms with Crippen LogP contribution in [-0.2, 0) is 9.47 Å². The van der Waals surface area contributed by atoms with E-state index in [1.165, 1.54) is 25.7 Å². The van der Waals surface area contributed by atoms with Gasteiger partial charge in [-0.3, -0.25) is 4.79 Å². The highest BCUT2D eigenvalue weighted by atomic mass is 16.7. The van der Waals surface area contributed by atoms with Crippen molar-refractivity contribution in [3.8, 4) is 0 Å². The van der Waals surface area contributed by atoms with Gasteiger partial charge in [0.1, 0.15) is 6.79 Å². The molecule has 2 aliphatic carbocycles. The number of hydrogen-bond donors (Lipinski definition) is 0. The Kier molecular flexibility index (Phi) is 5.41. The number of benzene rings is 1. The Labute approximate surface area is 145 Å². The molecule has 0 N–H and O–H groups in total. The molecular weight excluding hydrogens is 300 g/mol. The van der Waals surface area contributed by atoms with Crippen LogP contribution in [0.4, 0.5) is 0 Å². The van der Waals surface area contributed by atoms with Gasteiger partial charge in [0.05, 0.1) is 6.61 Å². The molecule has 3 atom stereocenters. The zero-order valence-electron chi connectivity index (χ0n) is 15.1. The van der Waals surface area contributed by atoms with Crippen LogP contribution in [-0.4, -0.2) is 26.3 Å². The van der Waals surface area contributed by atoms with Crippen molar-refractivity contribution in [2.24, 2.45) is 16.7 Å². The molecule has 0 unspecified atom stereocenters. The third kappa shape index (κ3) is 3.29. The Balaban J connectivity index is 1.80. The van der Waals surface area contributed by atoms with E-state index in [9.17, 15) is 4.79 Å². The molecule has 3 heteroatoms. The third-order valence-corrected chi connectivity index (χ3v) is 6.60. The van der Waals surface area contributed by atoms with Crippen molar-refractivity contribution in [1.82, 2.24) is 0 Å². The van der Waals surface area contributed by atoms with Gasteiger partial charge in [-0.1, -0.05) is 50.1 Å². The molecule has 132 valence electrons. The summed E-state index contributed by atoms with van der Waals surface area (Å²) >= 11 is 0. The standard InChI is InChI=1S/C21H30O3/c1-20-11-6-7-12-21(20,15-24-16-23-2)14-18(10-13-20)19(22)17-8-4-3-5-9-17/h3-5,8-9,18H,6-7,10-16H2,1-2H3/t18-,20+,21+/m0/s1. The number of ether oxygens (including phenoxy) is 2. The highest BCUT2D eigenvalue weighted by molar-refractivity contribution is 5.97. The van der Waals surface area contributed by atoms with Gasteiger partial charge >= 0.3 is 0 Å². The first kappa shape index (κ1) is 17.6. The summed E-state index contributed by atoms with van der Waals surface area (Å²) < 4.78 is 10.9. The highest BCUT2D eigenvalue weighted by Gasteiger charge is 2.53. The zero-order chi connectivity index (χ0) is 17.0. The molecule has 0 heterocycles. The topological polar surface area (TPSA) is 35.5 Å². The maximum atomic E-state index is 13.0. The minimum absolute atomic E-state index is 0.122. The summed E-state index contributed by atoms with van der Waals surface area (Å²) in [5.74, 6) is 0.444. The Hall–Kier alpha value is -1.19. The van der Waals surface area contributed by atoms with Gasteiger partial charge in [0.2, 0.25) is 0 Å². The maximum absolute atomic E-state index is 13.0. The van der Waals surface area contributed by atoms with E-state index in [-0.39, 0.29) is 11.3 Å². The first-order chi connectivity index (χ1) is 11.6. The summed E-state index contributed by atoms with van der Waals surface area (Å²) in [7, 11) is 1.67. The van der Waals surface area contributed by atoms with E-state index in [1.807, 2.05) is 30.3 Å². The lowest BCUT2D eigenvalue weighted by molar-refractivity contribution is -0.139. The molecule has 24 heavy (non-hydrogen) atoms. The summed E-state index contributed by atoms with van der Waals surface area (Å²) in [5, 5.41) is 0. The lowest BCUT2D eigenvalue weighted by Crippen LogP contribution is -2.51. The number of ketones is 1. The Morgan fingerprint density at radius 2 is 1.92 bits per heavy atom. The largest absolute Gasteiger partial charge is 0.359 e. The monoisotopic (exact) mass is 330 g/mol. The van der Waals surface area contributed by atoms with Gasteiger partial charge < -0.3 is 9.47 Å². The van der Waals surface area contributed by atoms with E-state index in [4.69, 9.17) is 9.47 Å². The van der Waals surface area contributed by atoms with Crippen molar-refractivity contribution in [3.05, 3.63) is 35.9 Å². The van der Waals surface area contributed by atoms with Crippen LogP contribution in [0.15, 0.2) is 30.3 Å². The van der Waals surface area contributed by atoms with Gasteiger partial charge in [0.25, 0.3) is 0 Å². The fourth-order valence-electron chi connectivity index (χ4n) is 5.04. The summed E-state index contributed by atoms with van der Waals surface area (Å²) in [6, 6.07) is 9.78. The van der Waals surface area contributed by atoms with Crippen molar-refractivity contribution in [3.63, 3.8) is 0 Å². The van der Waals surface area contributed by atoms with Crippen LogP contribution in [0.5, 0.6) is 0 Å². The predicted octanol–water partition coefficient (Wildman–Crippen LogP) is 4.86. The highest BCUT2D eigenvalue weighted by Crippen LogP contribution is 2.60. The Morgan fingerprint density at radius 3 is 2.67 bits per heavy atom. The minimum atomic E-state index is 0.122.